The molecule has 1 unspecified atom stereocenters. The van der Waals surface area contributed by atoms with Gasteiger partial charge in [-0.25, -0.2) is 0 Å². The van der Waals surface area contributed by atoms with Crippen LogP contribution in [0.2, 0.25) is 0 Å². The predicted octanol–water partition coefficient (Wildman–Crippen LogP) is 3.36. The SMILES string of the molecule is CCCC(C)(O)CC[C@@H]1[C@H]2Cc3ccc(O)cc3[C@@]1(C)CCN2C.CS(=O)(=O)O. The standard InChI is InChI=1S/C21H33NO2.CH4O3S/c1-5-9-20(2,24)10-8-17-19-13-15-6-7-16(23)14-18(15)21(17,3)11-12-22(19)4;1-5(2,3)4/h6-7,14,17,19,23-24H,5,8-13H2,1-4H3;1H3,(H,2,3,4)/t17-,19-,20?,21+;/m1./s1. The van der Waals surface area contributed by atoms with Gasteiger partial charge in [-0.15, -0.1) is 0 Å². The molecule has 2 bridgehead atoms. The maximum Gasteiger partial charge on any atom is 0.261 e. The first-order valence-corrected chi connectivity index (χ1v) is 12.3. The van der Waals surface area contributed by atoms with E-state index in [1.807, 2.05) is 19.1 Å². The molecule has 1 aliphatic heterocycles. The minimum atomic E-state index is -3.67. The molecule has 3 N–H and O–H groups in total. The van der Waals surface area contributed by atoms with Gasteiger partial charge in [0.1, 0.15) is 5.75 Å². The second-order valence-electron chi connectivity index (χ2n) is 9.39. The van der Waals surface area contributed by atoms with Crippen molar-refractivity contribution in [2.24, 2.45) is 5.92 Å². The monoisotopic (exact) mass is 427 g/mol. The zero-order valence-corrected chi connectivity index (χ0v) is 19.2. The molecule has 0 saturated carbocycles. The summed E-state index contributed by atoms with van der Waals surface area (Å²) in [5.41, 5.74) is 2.28. The van der Waals surface area contributed by atoms with Crippen molar-refractivity contribution in [3.63, 3.8) is 0 Å². The molecule has 29 heavy (non-hydrogen) atoms. The lowest BCUT2D eigenvalue weighted by Gasteiger charge is -2.55. The highest BCUT2D eigenvalue weighted by molar-refractivity contribution is 7.85. The van der Waals surface area contributed by atoms with Crippen molar-refractivity contribution in [3.05, 3.63) is 29.3 Å². The van der Waals surface area contributed by atoms with Gasteiger partial charge in [0.05, 0.1) is 11.9 Å². The molecule has 1 aromatic carbocycles. The van der Waals surface area contributed by atoms with Crippen LogP contribution < -0.4 is 0 Å². The number of nitrogens with zero attached hydrogens (tertiary/aromatic N) is 1. The smallest absolute Gasteiger partial charge is 0.261 e. The fourth-order valence-electron chi connectivity index (χ4n) is 5.26. The molecule has 6 nitrogen and oxygen atoms in total. The van der Waals surface area contributed by atoms with Crippen LogP contribution in [0.15, 0.2) is 18.2 Å². The van der Waals surface area contributed by atoms with Crippen LogP contribution in [0.5, 0.6) is 5.75 Å². The quantitative estimate of drug-likeness (QED) is 0.623. The number of phenols is 1. The summed E-state index contributed by atoms with van der Waals surface area (Å²) in [4.78, 5) is 2.51. The topological polar surface area (TPSA) is 98.1 Å². The van der Waals surface area contributed by atoms with Gasteiger partial charge in [0, 0.05) is 6.04 Å². The third-order valence-electron chi connectivity index (χ3n) is 6.75. The maximum absolute atomic E-state index is 10.6. The molecule has 0 radical (unpaired) electrons. The Morgan fingerprint density at radius 3 is 2.52 bits per heavy atom. The van der Waals surface area contributed by atoms with Gasteiger partial charge in [0.25, 0.3) is 10.1 Å². The minimum Gasteiger partial charge on any atom is -0.508 e. The number of fused-ring (bicyclic) bond motifs is 4. The lowest BCUT2D eigenvalue weighted by atomic mass is 9.57. The van der Waals surface area contributed by atoms with Crippen LogP contribution in [0.3, 0.4) is 0 Å². The molecule has 4 atom stereocenters. The molecule has 1 saturated heterocycles. The number of likely N-dealkylation sites (tertiary alicyclic amines) is 1. The van der Waals surface area contributed by atoms with Gasteiger partial charge in [-0.3, -0.25) is 4.55 Å². The summed E-state index contributed by atoms with van der Waals surface area (Å²) in [7, 11) is -1.42. The average Bonchev–Trinajstić information content (AvgIpc) is 2.57. The minimum absolute atomic E-state index is 0.103. The van der Waals surface area contributed by atoms with E-state index in [1.165, 1.54) is 11.1 Å². The number of hydrogen-bond acceptors (Lipinski definition) is 5. The highest BCUT2D eigenvalue weighted by Crippen LogP contribution is 2.51. The van der Waals surface area contributed by atoms with E-state index in [4.69, 9.17) is 4.55 Å². The third kappa shape index (κ3) is 6.17. The number of hydrogen-bond donors (Lipinski definition) is 3. The molecule has 1 aromatic rings. The van der Waals surface area contributed by atoms with E-state index in [1.54, 1.807) is 0 Å². The van der Waals surface area contributed by atoms with Gasteiger partial charge in [-0.05, 0) is 87.2 Å². The van der Waals surface area contributed by atoms with E-state index in [0.717, 1.165) is 45.1 Å². The number of aliphatic hydroxyl groups is 1. The molecule has 1 heterocycles. The van der Waals surface area contributed by atoms with Crippen LogP contribution in [-0.4, -0.2) is 59.6 Å². The number of phenolic OH excluding ortho intramolecular Hbond substituents is 1. The van der Waals surface area contributed by atoms with Crippen molar-refractivity contribution >= 4 is 10.1 Å². The molecular formula is C22H37NO5S. The van der Waals surface area contributed by atoms with Gasteiger partial charge >= 0.3 is 0 Å². The first-order chi connectivity index (χ1) is 13.3. The molecule has 3 rings (SSSR count). The Morgan fingerprint density at radius 2 is 1.93 bits per heavy atom. The predicted molar refractivity (Wildman–Crippen MR) is 116 cm³/mol. The van der Waals surface area contributed by atoms with Crippen molar-refractivity contribution < 1.29 is 23.2 Å². The van der Waals surface area contributed by atoms with Crippen LogP contribution >= 0.6 is 0 Å². The first-order valence-electron chi connectivity index (χ1n) is 10.4. The molecule has 7 heteroatoms. The van der Waals surface area contributed by atoms with E-state index in [2.05, 4.69) is 31.9 Å². The highest BCUT2D eigenvalue weighted by atomic mass is 32.2. The second kappa shape index (κ2) is 8.92. The summed E-state index contributed by atoms with van der Waals surface area (Å²) in [5.74, 6) is 0.915. The summed E-state index contributed by atoms with van der Waals surface area (Å²) in [6, 6.07) is 6.47. The zero-order valence-electron chi connectivity index (χ0n) is 18.4. The van der Waals surface area contributed by atoms with Crippen LogP contribution in [0.25, 0.3) is 0 Å². The van der Waals surface area contributed by atoms with E-state index < -0.39 is 15.7 Å². The fourth-order valence-corrected chi connectivity index (χ4v) is 5.26. The number of aromatic hydroxyl groups is 1. The summed E-state index contributed by atoms with van der Waals surface area (Å²) >= 11 is 0. The molecule has 1 fully saturated rings. The van der Waals surface area contributed by atoms with Crippen LogP contribution in [0.4, 0.5) is 0 Å². The lowest BCUT2D eigenvalue weighted by Crippen LogP contribution is -2.57. The fraction of sp³-hybridized carbons (Fsp3) is 0.727. The second-order valence-corrected chi connectivity index (χ2v) is 10.9. The summed E-state index contributed by atoms with van der Waals surface area (Å²) in [6.45, 7) is 7.61. The number of benzene rings is 1. The van der Waals surface area contributed by atoms with Gasteiger partial charge in [0.2, 0.25) is 0 Å². The van der Waals surface area contributed by atoms with E-state index >= 15 is 0 Å². The summed E-state index contributed by atoms with van der Waals surface area (Å²) in [6.07, 6.45) is 6.70. The van der Waals surface area contributed by atoms with Gasteiger partial charge in [-0.2, -0.15) is 8.42 Å². The van der Waals surface area contributed by atoms with Gasteiger partial charge < -0.3 is 15.1 Å². The Bertz CT molecular complexity index is 799. The summed E-state index contributed by atoms with van der Waals surface area (Å²) < 4.78 is 25.9. The largest absolute Gasteiger partial charge is 0.508 e. The van der Waals surface area contributed by atoms with Crippen molar-refractivity contribution in [2.75, 3.05) is 19.8 Å². The van der Waals surface area contributed by atoms with E-state index in [9.17, 15) is 18.6 Å². The van der Waals surface area contributed by atoms with Crippen molar-refractivity contribution in [1.82, 2.24) is 4.90 Å². The molecule has 0 amide bonds. The normalized spacial score (nSPS) is 28.7. The highest BCUT2D eigenvalue weighted by Gasteiger charge is 2.49. The number of rotatable bonds is 5. The van der Waals surface area contributed by atoms with Crippen molar-refractivity contribution in [1.29, 1.82) is 0 Å². The van der Waals surface area contributed by atoms with Crippen LogP contribution in [0.1, 0.15) is 64.0 Å². The van der Waals surface area contributed by atoms with Crippen LogP contribution in [-0.2, 0) is 22.0 Å². The molecule has 0 aromatic heterocycles. The Morgan fingerprint density at radius 1 is 1.31 bits per heavy atom. The van der Waals surface area contributed by atoms with Gasteiger partial charge in [-0.1, -0.05) is 26.3 Å². The number of piperidine rings is 1. The zero-order chi connectivity index (χ0) is 22.0. The van der Waals surface area contributed by atoms with E-state index in [0.29, 0.717) is 24.0 Å². The molecule has 2 aliphatic rings. The van der Waals surface area contributed by atoms with E-state index in [-0.39, 0.29) is 5.41 Å². The summed E-state index contributed by atoms with van der Waals surface area (Å²) in [5, 5.41) is 20.7. The Balaban J connectivity index is 0.000000537. The lowest BCUT2D eigenvalue weighted by molar-refractivity contribution is -0.00273. The average molecular weight is 428 g/mol. The Labute approximate surface area is 175 Å². The molecular weight excluding hydrogens is 390 g/mol. The van der Waals surface area contributed by atoms with Crippen molar-refractivity contribution in [2.45, 2.75) is 76.4 Å². The molecule has 166 valence electrons. The molecule has 0 spiro atoms. The van der Waals surface area contributed by atoms with Gasteiger partial charge in [0.15, 0.2) is 0 Å². The van der Waals surface area contributed by atoms with Crippen molar-refractivity contribution in [3.8, 4) is 5.75 Å². The third-order valence-corrected chi connectivity index (χ3v) is 6.75. The maximum atomic E-state index is 10.6. The molecule has 1 aliphatic carbocycles. The van der Waals surface area contributed by atoms with Crippen LogP contribution in [0, 0.1) is 5.92 Å². The Kier molecular flexibility index (Phi) is 7.42. The first kappa shape index (κ1) is 24.1. The Hall–Kier alpha value is -1.15. The number of likely N-dealkylation sites (N-methyl/N-ethyl adjacent to an activating group) is 1.